The van der Waals surface area contributed by atoms with Crippen molar-refractivity contribution < 1.29 is 9.59 Å². The number of hydrogen-bond donors (Lipinski definition) is 2. The van der Waals surface area contributed by atoms with Gasteiger partial charge in [-0.15, -0.1) is 10.2 Å². The first kappa shape index (κ1) is 23.3. The fourth-order valence-corrected chi connectivity index (χ4v) is 5.14. The summed E-state index contributed by atoms with van der Waals surface area (Å²) in [7, 11) is 0. The van der Waals surface area contributed by atoms with E-state index in [0.717, 1.165) is 80.0 Å². The van der Waals surface area contributed by atoms with Crippen molar-refractivity contribution in [2.75, 3.05) is 10.6 Å². The average molecular weight is 472 g/mol. The molecule has 1 aliphatic heterocycles. The van der Waals surface area contributed by atoms with Crippen molar-refractivity contribution in [3.05, 3.63) is 59.4 Å². The molecule has 2 aliphatic rings. The summed E-state index contributed by atoms with van der Waals surface area (Å²) < 4.78 is 2.21. The Bertz CT molecular complexity index is 1230. The molecule has 7 nitrogen and oxygen atoms in total. The minimum absolute atomic E-state index is 0.0539. The largest absolute Gasteiger partial charge is 0.326 e. The number of fused-ring (bicyclic) bond motifs is 1. The zero-order valence-electron chi connectivity index (χ0n) is 20.3. The van der Waals surface area contributed by atoms with Gasteiger partial charge in [-0.05, 0) is 62.4 Å². The molecule has 1 fully saturated rings. The number of aryl methyl sites for hydroxylation is 2. The topological polar surface area (TPSA) is 88.9 Å². The molecular weight excluding hydrogens is 438 g/mol. The molecule has 182 valence electrons. The molecule has 0 spiro atoms. The first-order valence-electron chi connectivity index (χ1n) is 12.8. The van der Waals surface area contributed by atoms with Crippen LogP contribution in [0.1, 0.15) is 73.1 Å². The van der Waals surface area contributed by atoms with Crippen LogP contribution in [0.15, 0.2) is 42.5 Å². The monoisotopic (exact) mass is 471 g/mol. The standard InChI is InChI=1S/C28H33N5O2/c1-19-14-15-21(26-32-31-25-13-6-3-7-16-33(25)26)18-24(19)30-28(35)22-11-8-12-23(17-22)29-27(34)20-9-4-2-5-10-20/h8,11-12,14-15,17-18,20H,2-7,9-10,13,16H2,1H3,(H,29,34)(H,30,35). The highest BCUT2D eigenvalue weighted by molar-refractivity contribution is 6.06. The Morgan fingerprint density at radius 1 is 0.914 bits per heavy atom. The SMILES string of the molecule is Cc1ccc(-c2nnc3n2CCCCC3)cc1NC(=O)c1cccc(NC(=O)C2CCCCC2)c1. The van der Waals surface area contributed by atoms with E-state index in [1.807, 2.05) is 31.2 Å². The van der Waals surface area contributed by atoms with E-state index in [9.17, 15) is 9.59 Å². The molecule has 1 saturated carbocycles. The van der Waals surface area contributed by atoms with E-state index in [1.165, 1.54) is 12.8 Å². The summed E-state index contributed by atoms with van der Waals surface area (Å²) in [6, 6.07) is 13.2. The number of nitrogens with one attached hydrogen (secondary N) is 2. The zero-order chi connectivity index (χ0) is 24.2. The molecule has 0 radical (unpaired) electrons. The summed E-state index contributed by atoms with van der Waals surface area (Å²) in [6.45, 7) is 2.90. The van der Waals surface area contributed by atoms with E-state index >= 15 is 0 Å². The van der Waals surface area contributed by atoms with Gasteiger partial charge in [0.1, 0.15) is 5.82 Å². The first-order valence-corrected chi connectivity index (χ1v) is 12.8. The lowest BCUT2D eigenvalue weighted by molar-refractivity contribution is -0.120. The Kier molecular flexibility index (Phi) is 6.93. The van der Waals surface area contributed by atoms with Gasteiger partial charge in [0.25, 0.3) is 5.91 Å². The number of anilines is 2. The molecule has 0 saturated heterocycles. The van der Waals surface area contributed by atoms with E-state index in [4.69, 9.17) is 0 Å². The number of nitrogens with zero attached hydrogens (tertiary/aromatic N) is 3. The van der Waals surface area contributed by atoms with E-state index in [1.54, 1.807) is 18.2 Å². The molecule has 0 atom stereocenters. The van der Waals surface area contributed by atoms with Crippen molar-refractivity contribution in [1.29, 1.82) is 0 Å². The second kappa shape index (κ2) is 10.4. The van der Waals surface area contributed by atoms with Crippen molar-refractivity contribution in [2.24, 2.45) is 5.92 Å². The molecule has 2 N–H and O–H groups in total. The Morgan fingerprint density at radius 3 is 2.60 bits per heavy atom. The number of carbonyl (C=O) groups is 2. The normalized spacial score (nSPS) is 16.3. The van der Waals surface area contributed by atoms with Crippen molar-refractivity contribution in [3.63, 3.8) is 0 Å². The van der Waals surface area contributed by atoms with Gasteiger partial charge in [-0.2, -0.15) is 0 Å². The van der Waals surface area contributed by atoms with Crippen LogP contribution in [0, 0.1) is 12.8 Å². The number of aromatic nitrogens is 3. The van der Waals surface area contributed by atoms with Gasteiger partial charge < -0.3 is 15.2 Å². The summed E-state index contributed by atoms with van der Waals surface area (Å²) >= 11 is 0. The Balaban J connectivity index is 1.32. The van der Waals surface area contributed by atoms with Crippen LogP contribution in [0.4, 0.5) is 11.4 Å². The van der Waals surface area contributed by atoms with E-state index in [2.05, 4.69) is 25.4 Å². The highest BCUT2D eigenvalue weighted by Gasteiger charge is 2.21. The van der Waals surface area contributed by atoms with Crippen LogP contribution in [0.25, 0.3) is 11.4 Å². The van der Waals surface area contributed by atoms with Gasteiger partial charge in [0, 0.05) is 41.4 Å². The molecule has 2 heterocycles. The van der Waals surface area contributed by atoms with Gasteiger partial charge in [0.15, 0.2) is 5.82 Å². The molecule has 3 aromatic rings. The Hall–Kier alpha value is -3.48. The Labute approximate surface area is 206 Å². The second-order valence-corrected chi connectivity index (χ2v) is 9.79. The molecule has 7 heteroatoms. The van der Waals surface area contributed by atoms with Crippen molar-refractivity contribution >= 4 is 23.2 Å². The van der Waals surface area contributed by atoms with Crippen LogP contribution in [0.2, 0.25) is 0 Å². The van der Waals surface area contributed by atoms with Gasteiger partial charge in [0.2, 0.25) is 5.91 Å². The number of rotatable bonds is 5. The lowest BCUT2D eigenvalue weighted by atomic mass is 9.88. The van der Waals surface area contributed by atoms with Crippen molar-refractivity contribution in [3.8, 4) is 11.4 Å². The number of benzene rings is 2. The van der Waals surface area contributed by atoms with Crippen LogP contribution in [0.3, 0.4) is 0 Å². The van der Waals surface area contributed by atoms with Crippen LogP contribution < -0.4 is 10.6 Å². The molecule has 35 heavy (non-hydrogen) atoms. The number of hydrogen-bond acceptors (Lipinski definition) is 4. The number of carbonyl (C=O) groups excluding carboxylic acids is 2. The summed E-state index contributed by atoms with van der Waals surface area (Å²) in [4.78, 5) is 25.8. The van der Waals surface area contributed by atoms with Crippen molar-refractivity contribution in [2.45, 2.75) is 71.3 Å². The zero-order valence-corrected chi connectivity index (χ0v) is 20.3. The van der Waals surface area contributed by atoms with E-state index in [0.29, 0.717) is 11.3 Å². The molecule has 0 unspecified atom stereocenters. The molecule has 1 aliphatic carbocycles. The predicted molar refractivity (Wildman–Crippen MR) is 137 cm³/mol. The molecule has 5 rings (SSSR count). The fourth-order valence-electron chi connectivity index (χ4n) is 5.14. The third-order valence-electron chi connectivity index (χ3n) is 7.22. The van der Waals surface area contributed by atoms with Crippen LogP contribution >= 0.6 is 0 Å². The first-order chi connectivity index (χ1) is 17.1. The minimum atomic E-state index is -0.209. The van der Waals surface area contributed by atoms with Gasteiger partial charge in [-0.1, -0.05) is 43.9 Å². The summed E-state index contributed by atoms with van der Waals surface area (Å²) in [5, 5.41) is 14.9. The second-order valence-electron chi connectivity index (χ2n) is 9.79. The molecule has 1 aromatic heterocycles. The maximum absolute atomic E-state index is 13.1. The highest BCUT2D eigenvalue weighted by Crippen LogP contribution is 2.28. The van der Waals surface area contributed by atoms with Crippen molar-refractivity contribution in [1.82, 2.24) is 14.8 Å². The van der Waals surface area contributed by atoms with Gasteiger partial charge in [-0.3, -0.25) is 9.59 Å². The molecule has 0 bridgehead atoms. The molecule has 2 aromatic carbocycles. The van der Waals surface area contributed by atoms with Crippen LogP contribution in [0.5, 0.6) is 0 Å². The van der Waals surface area contributed by atoms with Crippen LogP contribution in [-0.4, -0.2) is 26.6 Å². The summed E-state index contributed by atoms with van der Waals surface area (Å²) in [6.07, 6.45) is 9.74. The highest BCUT2D eigenvalue weighted by atomic mass is 16.2. The van der Waals surface area contributed by atoms with Gasteiger partial charge in [0.05, 0.1) is 0 Å². The maximum atomic E-state index is 13.1. The van der Waals surface area contributed by atoms with E-state index < -0.39 is 0 Å². The number of amides is 2. The maximum Gasteiger partial charge on any atom is 0.255 e. The predicted octanol–water partition coefficient (Wildman–Crippen LogP) is 5.75. The lowest BCUT2D eigenvalue weighted by Crippen LogP contribution is -2.24. The third kappa shape index (κ3) is 5.29. The van der Waals surface area contributed by atoms with Crippen LogP contribution in [-0.2, 0) is 17.8 Å². The van der Waals surface area contributed by atoms with E-state index in [-0.39, 0.29) is 17.7 Å². The smallest absolute Gasteiger partial charge is 0.255 e. The molecule has 2 amide bonds. The Morgan fingerprint density at radius 2 is 1.74 bits per heavy atom. The summed E-state index contributed by atoms with van der Waals surface area (Å²) in [5.41, 5.74) is 3.83. The summed E-state index contributed by atoms with van der Waals surface area (Å²) in [5.74, 6) is 1.80. The lowest BCUT2D eigenvalue weighted by Gasteiger charge is -2.20. The van der Waals surface area contributed by atoms with Gasteiger partial charge >= 0.3 is 0 Å². The quantitative estimate of drug-likeness (QED) is 0.496. The van der Waals surface area contributed by atoms with Gasteiger partial charge in [-0.25, -0.2) is 0 Å². The average Bonchev–Trinajstić information content (AvgIpc) is 3.13. The minimum Gasteiger partial charge on any atom is -0.326 e. The molecular formula is C28H33N5O2. The fraction of sp³-hybridized carbons (Fsp3) is 0.429. The third-order valence-corrected chi connectivity index (χ3v) is 7.22.